The van der Waals surface area contributed by atoms with Crippen LogP contribution in [0.3, 0.4) is 0 Å². The number of nitrogens with one attached hydrogen (secondary N) is 1. The minimum Gasteiger partial charge on any atom is -0.309 e. The zero-order chi connectivity index (χ0) is 19.6. The van der Waals surface area contributed by atoms with Crippen LogP contribution in [0.5, 0.6) is 0 Å². The number of para-hydroxylation sites is 1. The van der Waals surface area contributed by atoms with Crippen molar-refractivity contribution in [2.24, 2.45) is 0 Å². The Bertz CT molecular complexity index is 826. The van der Waals surface area contributed by atoms with Crippen molar-refractivity contribution >= 4 is 22.5 Å². The van der Waals surface area contributed by atoms with Gasteiger partial charge in [0.25, 0.3) is 0 Å². The van der Waals surface area contributed by atoms with Gasteiger partial charge in [-0.2, -0.15) is 5.10 Å². The summed E-state index contributed by atoms with van der Waals surface area (Å²) in [4.78, 5) is 14.8. The summed E-state index contributed by atoms with van der Waals surface area (Å²) in [7, 11) is -0.767. The van der Waals surface area contributed by atoms with Gasteiger partial charge < -0.3 is 5.32 Å². The largest absolute Gasteiger partial charge is 0.309 e. The van der Waals surface area contributed by atoms with Crippen molar-refractivity contribution in [3.63, 3.8) is 0 Å². The first-order chi connectivity index (χ1) is 12.7. The Labute approximate surface area is 163 Å². The third-order valence-electron chi connectivity index (χ3n) is 4.75. The first-order valence-corrected chi connectivity index (χ1v) is 10.8. The summed E-state index contributed by atoms with van der Waals surface area (Å²) in [6.07, 6.45) is 0. The second-order valence-corrected chi connectivity index (χ2v) is 9.71. The van der Waals surface area contributed by atoms with E-state index in [0.29, 0.717) is 30.4 Å². The van der Waals surface area contributed by atoms with Gasteiger partial charge in [0.2, 0.25) is 5.91 Å². The molecule has 1 saturated heterocycles. The van der Waals surface area contributed by atoms with Crippen molar-refractivity contribution in [2.45, 2.75) is 39.2 Å². The van der Waals surface area contributed by atoms with Crippen LogP contribution in [0.1, 0.15) is 33.4 Å². The lowest BCUT2D eigenvalue weighted by atomic mass is 9.92. The van der Waals surface area contributed by atoms with Crippen molar-refractivity contribution < 1.29 is 9.00 Å². The lowest BCUT2D eigenvalue weighted by Gasteiger charge is -2.32. The summed E-state index contributed by atoms with van der Waals surface area (Å²) in [6.45, 7) is 9.31. The molecule has 1 N–H and O–H groups in total. The molecule has 1 amide bonds. The van der Waals surface area contributed by atoms with Crippen molar-refractivity contribution in [1.82, 2.24) is 14.7 Å². The summed E-state index contributed by atoms with van der Waals surface area (Å²) in [5, 5.41) is 7.75. The van der Waals surface area contributed by atoms with Gasteiger partial charge in [0.15, 0.2) is 0 Å². The number of aromatic nitrogens is 2. The zero-order valence-corrected chi connectivity index (χ0v) is 17.3. The van der Waals surface area contributed by atoms with Crippen LogP contribution in [0.15, 0.2) is 36.4 Å². The second kappa shape index (κ2) is 7.94. The van der Waals surface area contributed by atoms with Gasteiger partial charge in [-0.25, -0.2) is 4.68 Å². The number of benzene rings is 1. The van der Waals surface area contributed by atoms with Crippen LogP contribution in [0.25, 0.3) is 5.69 Å². The van der Waals surface area contributed by atoms with Crippen LogP contribution in [0.4, 0.5) is 5.82 Å². The standard InChI is InChI=1S/C20H28N4O2S/c1-15-14-27(26)11-10-23(15)13-19(25)21-18-12-17(20(2,3)4)22-24(18)16-8-6-5-7-9-16/h5-9,12,15H,10-11,13-14H2,1-4H3,(H,21,25)/t15-,27-/m1/s1. The third-order valence-corrected chi connectivity index (χ3v) is 6.24. The first-order valence-electron chi connectivity index (χ1n) is 9.29. The molecule has 2 aromatic rings. The minimum absolute atomic E-state index is 0.0768. The Morgan fingerprint density at radius 1 is 1.30 bits per heavy atom. The van der Waals surface area contributed by atoms with E-state index >= 15 is 0 Å². The molecule has 0 spiro atoms. The lowest BCUT2D eigenvalue weighted by Crippen LogP contribution is -2.48. The molecule has 1 fully saturated rings. The Kier molecular flexibility index (Phi) is 5.81. The van der Waals surface area contributed by atoms with E-state index in [1.165, 1.54) is 0 Å². The molecule has 1 aliphatic heterocycles. The average molecular weight is 389 g/mol. The van der Waals surface area contributed by atoms with Crippen LogP contribution in [0, 0.1) is 0 Å². The number of hydrogen-bond donors (Lipinski definition) is 1. The fourth-order valence-corrected chi connectivity index (χ4v) is 4.46. The van der Waals surface area contributed by atoms with E-state index in [-0.39, 0.29) is 17.4 Å². The van der Waals surface area contributed by atoms with E-state index in [0.717, 1.165) is 11.4 Å². The van der Waals surface area contributed by atoms with E-state index in [9.17, 15) is 9.00 Å². The highest BCUT2D eigenvalue weighted by molar-refractivity contribution is 7.85. The van der Waals surface area contributed by atoms with Gasteiger partial charge in [-0.1, -0.05) is 39.0 Å². The average Bonchev–Trinajstić information content (AvgIpc) is 3.02. The summed E-state index contributed by atoms with van der Waals surface area (Å²) in [5.41, 5.74) is 1.71. The molecule has 7 heteroatoms. The molecule has 0 saturated carbocycles. The SMILES string of the molecule is C[C@@H]1C[S@](=O)CCN1CC(=O)Nc1cc(C(C)(C)C)nn1-c1ccccc1. The molecular formula is C20H28N4O2S. The summed E-state index contributed by atoms with van der Waals surface area (Å²) >= 11 is 0. The van der Waals surface area contributed by atoms with Gasteiger partial charge in [0, 0.05) is 46.4 Å². The Morgan fingerprint density at radius 2 is 2.00 bits per heavy atom. The normalized spacial score (nSPS) is 21.2. The predicted molar refractivity (Wildman–Crippen MR) is 110 cm³/mol. The van der Waals surface area contributed by atoms with Crippen molar-refractivity contribution in [2.75, 3.05) is 29.9 Å². The number of carbonyl (C=O) groups excluding carboxylic acids is 1. The second-order valence-electron chi connectivity index (χ2n) is 8.09. The maximum absolute atomic E-state index is 12.7. The molecule has 146 valence electrons. The molecule has 2 heterocycles. The Morgan fingerprint density at radius 3 is 2.63 bits per heavy atom. The van der Waals surface area contributed by atoms with Crippen molar-refractivity contribution in [3.8, 4) is 5.69 Å². The first kappa shape index (κ1) is 19.8. The number of amides is 1. The summed E-state index contributed by atoms with van der Waals surface area (Å²) < 4.78 is 13.5. The number of carbonyl (C=O) groups is 1. The van der Waals surface area contributed by atoms with E-state index in [1.807, 2.05) is 43.3 Å². The number of anilines is 1. The third kappa shape index (κ3) is 4.84. The highest BCUT2D eigenvalue weighted by Crippen LogP contribution is 2.26. The predicted octanol–water partition coefficient (Wildman–Crippen LogP) is 2.56. The summed E-state index contributed by atoms with van der Waals surface area (Å²) in [6, 6.07) is 11.9. The van der Waals surface area contributed by atoms with E-state index in [2.05, 4.69) is 31.0 Å². The molecular weight excluding hydrogens is 360 g/mol. The van der Waals surface area contributed by atoms with Gasteiger partial charge in [-0.05, 0) is 19.1 Å². The van der Waals surface area contributed by atoms with Crippen LogP contribution >= 0.6 is 0 Å². The molecule has 0 bridgehead atoms. The molecule has 0 unspecified atom stereocenters. The molecule has 6 nitrogen and oxygen atoms in total. The van der Waals surface area contributed by atoms with Crippen LogP contribution in [-0.2, 0) is 21.0 Å². The molecule has 0 aliphatic carbocycles. The number of rotatable bonds is 4. The molecule has 1 aromatic heterocycles. The van der Waals surface area contributed by atoms with Gasteiger partial charge >= 0.3 is 0 Å². The van der Waals surface area contributed by atoms with Crippen LogP contribution in [0.2, 0.25) is 0 Å². The van der Waals surface area contributed by atoms with Gasteiger partial charge in [-0.3, -0.25) is 13.9 Å². The van der Waals surface area contributed by atoms with Crippen LogP contribution < -0.4 is 5.32 Å². The monoisotopic (exact) mass is 388 g/mol. The van der Waals surface area contributed by atoms with Gasteiger partial charge in [-0.15, -0.1) is 0 Å². The summed E-state index contributed by atoms with van der Waals surface area (Å²) in [5.74, 6) is 1.85. The Hall–Kier alpha value is -1.99. The number of nitrogens with zero attached hydrogens (tertiary/aromatic N) is 3. The highest BCUT2D eigenvalue weighted by atomic mass is 32.2. The van der Waals surface area contributed by atoms with E-state index < -0.39 is 10.8 Å². The quantitative estimate of drug-likeness (QED) is 0.874. The van der Waals surface area contributed by atoms with E-state index in [4.69, 9.17) is 5.10 Å². The lowest BCUT2D eigenvalue weighted by molar-refractivity contribution is -0.117. The fourth-order valence-electron chi connectivity index (χ4n) is 3.10. The van der Waals surface area contributed by atoms with Crippen molar-refractivity contribution in [1.29, 1.82) is 0 Å². The van der Waals surface area contributed by atoms with Gasteiger partial charge in [0.05, 0.1) is 17.9 Å². The maximum atomic E-state index is 12.7. The Balaban J connectivity index is 1.80. The fraction of sp³-hybridized carbons (Fsp3) is 0.500. The molecule has 3 rings (SSSR count). The molecule has 0 radical (unpaired) electrons. The zero-order valence-electron chi connectivity index (χ0n) is 16.4. The topological polar surface area (TPSA) is 67.2 Å². The van der Waals surface area contributed by atoms with E-state index in [1.54, 1.807) is 4.68 Å². The number of hydrogen-bond acceptors (Lipinski definition) is 4. The van der Waals surface area contributed by atoms with Gasteiger partial charge in [0.1, 0.15) is 5.82 Å². The molecule has 1 aliphatic rings. The van der Waals surface area contributed by atoms with Crippen LogP contribution in [-0.4, -0.2) is 55.4 Å². The maximum Gasteiger partial charge on any atom is 0.239 e. The smallest absolute Gasteiger partial charge is 0.239 e. The minimum atomic E-state index is -0.767. The molecule has 1 aromatic carbocycles. The van der Waals surface area contributed by atoms with Crippen molar-refractivity contribution in [3.05, 3.63) is 42.1 Å². The molecule has 27 heavy (non-hydrogen) atoms. The highest BCUT2D eigenvalue weighted by Gasteiger charge is 2.26. The molecule has 2 atom stereocenters.